The smallest absolute Gasteiger partial charge is 0.410 e. The molecule has 2 fully saturated rings. The van der Waals surface area contributed by atoms with Crippen LogP contribution >= 0.6 is 0 Å². The minimum absolute atomic E-state index is 0.0428. The van der Waals surface area contributed by atoms with Gasteiger partial charge in [-0.1, -0.05) is 24.8 Å². The van der Waals surface area contributed by atoms with Crippen LogP contribution in [0.1, 0.15) is 80.1 Å². The fourth-order valence-electron chi connectivity index (χ4n) is 5.11. The first-order valence-electron chi connectivity index (χ1n) is 14.1. The summed E-state index contributed by atoms with van der Waals surface area (Å²) in [7, 11) is 0. The topological polar surface area (TPSA) is 96.4 Å². The molecule has 2 heterocycles. The predicted octanol–water partition coefficient (Wildman–Crippen LogP) is 6.46. The SMILES string of the molecule is C=CCC1(C(=O)C=C)CCN(C(=O)OC(C)(C)C)CC1.C=CCC1(C(O)C=C)CCN(C(=O)OC(C)(C)C)CC1. The van der Waals surface area contributed by atoms with Crippen molar-refractivity contribution in [1.29, 1.82) is 0 Å². The Morgan fingerprint density at radius 3 is 1.50 bits per heavy atom. The second-order valence-corrected chi connectivity index (χ2v) is 12.8. The lowest BCUT2D eigenvalue weighted by Gasteiger charge is -2.43. The van der Waals surface area contributed by atoms with Crippen LogP contribution in [0.2, 0.25) is 0 Å². The summed E-state index contributed by atoms with van der Waals surface area (Å²) >= 11 is 0. The summed E-state index contributed by atoms with van der Waals surface area (Å²) in [6, 6.07) is 0. The number of ketones is 1. The van der Waals surface area contributed by atoms with Gasteiger partial charge in [0.1, 0.15) is 11.2 Å². The molecule has 2 rings (SSSR count). The average Bonchev–Trinajstić information content (AvgIpc) is 2.87. The highest BCUT2D eigenvalue weighted by molar-refractivity contribution is 5.94. The van der Waals surface area contributed by atoms with Gasteiger partial charge in [-0.25, -0.2) is 9.59 Å². The van der Waals surface area contributed by atoms with E-state index in [1.54, 1.807) is 22.0 Å². The lowest BCUT2D eigenvalue weighted by Crippen LogP contribution is -2.48. The summed E-state index contributed by atoms with van der Waals surface area (Å²) in [4.78, 5) is 39.5. The van der Waals surface area contributed by atoms with Crippen LogP contribution in [0.15, 0.2) is 50.6 Å². The van der Waals surface area contributed by atoms with Gasteiger partial charge in [0.2, 0.25) is 0 Å². The van der Waals surface area contributed by atoms with Crippen LogP contribution in [-0.4, -0.2) is 76.4 Å². The number of nitrogens with zero attached hydrogens (tertiary/aromatic N) is 2. The number of hydrogen-bond acceptors (Lipinski definition) is 6. The van der Waals surface area contributed by atoms with Gasteiger partial charge in [-0.2, -0.15) is 0 Å². The highest BCUT2D eigenvalue weighted by Gasteiger charge is 2.41. The number of piperidine rings is 2. The Hall–Kier alpha value is -2.87. The number of rotatable bonds is 8. The van der Waals surface area contributed by atoms with Crippen molar-refractivity contribution >= 4 is 18.0 Å². The molecule has 0 aliphatic carbocycles. The lowest BCUT2D eigenvalue weighted by atomic mass is 9.71. The van der Waals surface area contributed by atoms with Crippen LogP contribution in [0.3, 0.4) is 0 Å². The van der Waals surface area contributed by atoms with Gasteiger partial charge < -0.3 is 24.4 Å². The normalized spacial score (nSPS) is 19.2. The van der Waals surface area contributed by atoms with Gasteiger partial charge in [0.05, 0.1) is 6.10 Å². The molecule has 8 heteroatoms. The molecule has 8 nitrogen and oxygen atoms in total. The van der Waals surface area contributed by atoms with E-state index in [0.29, 0.717) is 45.4 Å². The van der Waals surface area contributed by atoms with E-state index < -0.39 is 22.7 Å². The third kappa shape index (κ3) is 10.3. The minimum atomic E-state index is -0.568. The molecule has 0 radical (unpaired) electrons. The fraction of sp³-hybridized carbons (Fsp3) is 0.656. The third-order valence-corrected chi connectivity index (χ3v) is 7.43. The summed E-state index contributed by atoms with van der Waals surface area (Å²) < 4.78 is 10.7. The summed E-state index contributed by atoms with van der Waals surface area (Å²) in [5.41, 5.74) is -1.67. The van der Waals surface area contributed by atoms with Crippen molar-refractivity contribution in [2.24, 2.45) is 10.8 Å². The van der Waals surface area contributed by atoms with E-state index in [1.807, 2.05) is 47.6 Å². The van der Waals surface area contributed by atoms with E-state index in [-0.39, 0.29) is 23.4 Å². The Bertz CT molecular complexity index is 911. The maximum atomic E-state index is 12.1. The molecule has 2 aliphatic heterocycles. The van der Waals surface area contributed by atoms with E-state index >= 15 is 0 Å². The molecule has 0 bridgehead atoms. The van der Waals surface area contributed by atoms with E-state index in [9.17, 15) is 19.5 Å². The van der Waals surface area contributed by atoms with E-state index in [1.165, 1.54) is 6.08 Å². The molecule has 2 saturated heterocycles. The molecular formula is C32H52N2O6. The lowest BCUT2D eigenvalue weighted by molar-refractivity contribution is -0.126. The second kappa shape index (κ2) is 14.7. The molecule has 226 valence electrons. The van der Waals surface area contributed by atoms with E-state index in [2.05, 4.69) is 26.3 Å². The first-order valence-corrected chi connectivity index (χ1v) is 14.1. The molecular weight excluding hydrogens is 508 g/mol. The zero-order valence-corrected chi connectivity index (χ0v) is 25.7. The molecule has 0 aromatic rings. The standard InChI is InChI=1S/C16H27NO3.C16H25NO3/c2*1-6-8-16(13(18)7-2)9-11-17(12-10-16)14(19)20-15(3,4)5/h6-7,13,18H,1-2,8-12H2,3-5H3;6-7H,1-2,8-12H2,3-5H3. The van der Waals surface area contributed by atoms with Crippen molar-refractivity contribution < 1.29 is 29.0 Å². The number of ether oxygens (including phenoxy) is 2. The van der Waals surface area contributed by atoms with Gasteiger partial charge in [0.25, 0.3) is 0 Å². The van der Waals surface area contributed by atoms with E-state index in [0.717, 1.165) is 19.3 Å². The molecule has 0 saturated carbocycles. The summed E-state index contributed by atoms with van der Waals surface area (Å²) in [6.07, 6.45) is 9.46. The van der Waals surface area contributed by atoms with Crippen LogP contribution in [0.5, 0.6) is 0 Å². The van der Waals surface area contributed by atoms with Crippen molar-refractivity contribution in [2.75, 3.05) is 26.2 Å². The zero-order chi connectivity index (χ0) is 30.8. The highest BCUT2D eigenvalue weighted by Crippen LogP contribution is 2.40. The average molecular weight is 561 g/mol. The molecule has 0 aromatic carbocycles. The maximum absolute atomic E-state index is 12.1. The molecule has 40 heavy (non-hydrogen) atoms. The van der Waals surface area contributed by atoms with Crippen molar-refractivity contribution in [3.05, 3.63) is 50.6 Å². The highest BCUT2D eigenvalue weighted by atomic mass is 16.6. The molecule has 1 N–H and O–H groups in total. The van der Waals surface area contributed by atoms with Crippen LogP contribution in [0.4, 0.5) is 9.59 Å². The number of carbonyl (C=O) groups excluding carboxylic acids is 3. The van der Waals surface area contributed by atoms with Crippen molar-refractivity contribution in [1.82, 2.24) is 9.80 Å². The fourth-order valence-corrected chi connectivity index (χ4v) is 5.11. The van der Waals surface area contributed by atoms with Crippen LogP contribution in [-0.2, 0) is 14.3 Å². The summed E-state index contributed by atoms with van der Waals surface area (Å²) in [5, 5.41) is 10.2. The van der Waals surface area contributed by atoms with Crippen molar-refractivity contribution in [3.8, 4) is 0 Å². The number of hydrogen-bond donors (Lipinski definition) is 1. The molecule has 0 aromatic heterocycles. The van der Waals surface area contributed by atoms with E-state index in [4.69, 9.17) is 9.47 Å². The van der Waals surface area contributed by atoms with Gasteiger partial charge in [0, 0.05) is 37.0 Å². The van der Waals surface area contributed by atoms with Crippen LogP contribution < -0.4 is 0 Å². The van der Waals surface area contributed by atoms with Crippen molar-refractivity contribution in [2.45, 2.75) is 97.4 Å². The first kappa shape index (κ1) is 35.2. The van der Waals surface area contributed by atoms with Gasteiger partial charge >= 0.3 is 12.2 Å². The Morgan fingerprint density at radius 1 is 0.775 bits per heavy atom. The molecule has 2 amide bonds. The number of carbonyl (C=O) groups is 3. The molecule has 1 unspecified atom stereocenters. The van der Waals surface area contributed by atoms with Gasteiger partial charge in [-0.15, -0.1) is 19.7 Å². The largest absolute Gasteiger partial charge is 0.444 e. The Kier molecular flexibility index (Phi) is 12.9. The number of likely N-dealkylation sites (tertiary alicyclic amines) is 2. The number of aliphatic hydroxyl groups is 1. The second-order valence-electron chi connectivity index (χ2n) is 12.8. The predicted molar refractivity (Wildman–Crippen MR) is 160 cm³/mol. The van der Waals surface area contributed by atoms with Crippen LogP contribution in [0.25, 0.3) is 0 Å². The minimum Gasteiger partial charge on any atom is -0.444 e. The molecule has 2 aliphatic rings. The quantitative estimate of drug-likeness (QED) is 0.270. The first-order chi connectivity index (χ1) is 18.5. The van der Waals surface area contributed by atoms with Gasteiger partial charge in [-0.05, 0) is 86.1 Å². The number of amides is 2. The van der Waals surface area contributed by atoms with Crippen molar-refractivity contribution in [3.63, 3.8) is 0 Å². The summed E-state index contributed by atoms with van der Waals surface area (Å²) in [5.74, 6) is 0.0428. The van der Waals surface area contributed by atoms with Gasteiger partial charge in [0.15, 0.2) is 5.78 Å². The summed E-state index contributed by atoms with van der Waals surface area (Å²) in [6.45, 7) is 28.1. The molecule has 1 atom stereocenters. The Labute approximate surface area is 241 Å². The monoisotopic (exact) mass is 560 g/mol. The van der Waals surface area contributed by atoms with Crippen LogP contribution in [0, 0.1) is 10.8 Å². The third-order valence-electron chi connectivity index (χ3n) is 7.43. The number of aliphatic hydroxyl groups excluding tert-OH is 1. The zero-order valence-electron chi connectivity index (χ0n) is 25.7. The maximum Gasteiger partial charge on any atom is 0.410 e. The molecule has 0 spiro atoms. The number of allylic oxidation sites excluding steroid dienone is 3. The van der Waals surface area contributed by atoms with Gasteiger partial charge in [-0.3, -0.25) is 4.79 Å². The Balaban J connectivity index is 0.000000400. The Morgan fingerprint density at radius 2 is 1.18 bits per heavy atom.